The van der Waals surface area contributed by atoms with E-state index in [0.29, 0.717) is 29.6 Å². The Balaban J connectivity index is 1.92. The van der Waals surface area contributed by atoms with E-state index in [1.54, 1.807) is 27.7 Å². The molecule has 1 atom stereocenters. The largest absolute Gasteiger partial charge is 0.480 e. The molecule has 2 aromatic rings. The van der Waals surface area contributed by atoms with Crippen LogP contribution < -0.4 is 10.6 Å². The van der Waals surface area contributed by atoms with Gasteiger partial charge in [-0.2, -0.15) is 4.98 Å². The number of rotatable bonds is 2. The molecule has 0 amide bonds. The number of hydrogen-bond acceptors (Lipinski definition) is 5. The lowest BCUT2D eigenvalue weighted by Crippen LogP contribution is -2.50. The monoisotopic (exact) mass is 281 g/mol. The van der Waals surface area contributed by atoms with Gasteiger partial charge in [0, 0.05) is 19.3 Å². The first-order chi connectivity index (χ1) is 8.98. The molecule has 1 aliphatic heterocycles. The first-order valence-corrected chi connectivity index (χ1v) is 6.15. The van der Waals surface area contributed by atoms with E-state index in [4.69, 9.17) is 22.4 Å². The Hall–Kier alpha value is -1.86. The van der Waals surface area contributed by atoms with Crippen molar-refractivity contribution in [3.63, 3.8) is 0 Å². The fourth-order valence-electron chi connectivity index (χ4n) is 2.16. The van der Waals surface area contributed by atoms with Crippen LogP contribution in [0, 0.1) is 0 Å². The van der Waals surface area contributed by atoms with E-state index in [1.165, 1.54) is 0 Å². The van der Waals surface area contributed by atoms with Gasteiger partial charge in [-0.25, -0.2) is 4.52 Å². The molecular formula is C11H12ClN5O2. The molecule has 0 bridgehead atoms. The summed E-state index contributed by atoms with van der Waals surface area (Å²) in [6.07, 6.45) is 2.02. The van der Waals surface area contributed by atoms with Gasteiger partial charge in [-0.15, -0.1) is 5.10 Å². The third-order valence-corrected chi connectivity index (χ3v) is 3.52. The zero-order valence-electron chi connectivity index (χ0n) is 9.95. The van der Waals surface area contributed by atoms with Crippen molar-refractivity contribution in [1.29, 1.82) is 0 Å². The summed E-state index contributed by atoms with van der Waals surface area (Å²) in [6.45, 7) is 0.723. The Bertz CT molecular complexity index is 658. The minimum absolute atomic E-state index is 0.201. The first kappa shape index (κ1) is 12.2. The molecule has 19 heavy (non-hydrogen) atoms. The number of halogens is 1. The molecule has 3 N–H and O–H groups in total. The summed E-state index contributed by atoms with van der Waals surface area (Å²) in [5, 5.41) is 13.9. The predicted molar refractivity (Wildman–Crippen MR) is 69.4 cm³/mol. The molecule has 0 spiro atoms. The molecule has 2 aromatic heterocycles. The van der Waals surface area contributed by atoms with Crippen molar-refractivity contribution in [3.05, 3.63) is 23.4 Å². The summed E-state index contributed by atoms with van der Waals surface area (Å²) in [4.78, 5) is 17.2. The SMILES string of the molecule is NC1(C(=O)O)CCN(c2nc3ccc(Cl)cn3n2)C1. The summed E-state index contributed by atoms with van der Waals surface area (Å²) in [7, 11) is 0. The molecule has 3 rings (SSSR count). The highest BCUT2D eigenvalue weighted by atomic mass is 35.5. The molecule has 0 saturated carbocycles. The molecule has 0 aliphatic carbocycles. The van der Waals surface area contributed by atoms with E-state index in [2.05, 4.69) is 10.1 Å². The third-order valence-electron chi connectivity index (χ3n) is 3.29. The fraction of sp³-hybridized carbons (Fsp3) is 0.364. The zero-order chi connectivity index (χ0) is 13.6. The van der Waals surface area contributed by atoms with Gasteiger partial charge in [-0.05, 0) is 18.6 Å². The van der Waals surface area contributed by atoms with Crippen LogP contribution in [-0.4, -0.2) is 44.3 Å². The molecule has 3 heterocycles. The highest BCUT2D eigenvalue weighted by Gasteiger charge is 2.42. The van der Waals surface area contributed by atoms with Crippen LogP contribution in [0.1, 0.15) is 6.42 Å². The number of anilines is 1. The number of carboxylic acid groups (broad SMARTS) is 1. The Morgan fingerprint density at radius 1 is 1.53 bits per heavy atom. The molecule has 100 valence electrons. The number of aromatic nitrogens is 3. The van der Waals surface area contributed by atoms with Crippen LogP contribution in [0.3, 0.4) is 0 Å². The summed E-state index contributed by atoms with van der Waals surface area (Å²) in [6, 6.07) is 3.48. The van der Waals surface area contributed by atoms with Crippen molar-refractivity contribution in [2.45, 2.75) is 12.0 Å². The maximum atomic E-state index is 11.1. The molecule has 8 heteroatoms. The fourth-order valence-corrected chi connectivity index (χ4v) is 2.31. The van der Waals surface area contributed by atoms with Crippen LogP contribution in [-0.2, 0) is 4.79 Å². The quantitative estimate of drug-likeness (QED) is 0.826. The lowest BCUT2D eigenvalue weighted by Gasteiger charge is -2.18. The average Bonchev–Trinajstić information content (AvgIpc) is 2.93. The van der Waals surface area contributed by atoms with Crippen LogP contribution in [0.2, 0.25) is 5.02 Å². The third kappa shape index (κ3) is 2.00. The summed E-state index contributed by atoms with van der Waals surface area (Å²) < 4.78 is 1.56. The van der Waals surface area contributed by atoms with Gasteiger partial charge in [-0.3, -0.25) is 4.79 Å². The van der Waals surface area contributed by atoms with Crippen molar-refractivity contribution in [2.75, 3.05) is 18.0 Å². The van der Waals surface area contributed by atoms with Gasteiger partial charge in [0.05, 0.1) is 5.02 Å². The van der Waals surface area contributed by atoms with Gasteiger partial charge in [0.1, 0.15) is 5.54 Å². The topological polar surface area (TPSA) is 96.8 Å². The van der Waals surface area contributed by atoms with Crippen molar-refractivity contribution in [2.24, 2.45) is 5.73 Å². The van der Waals surface area contributed by atoms with Gasteiger partial charge >= 0.3 is 5.97 Å². The number of nitrogens with two attached hydrogens (primary N) is 1. The van der Waals surface area contributed by atoms with E-state index < -0.39 is 11.5 Å². The molecule has 1 saturated heterocycles. The Morgan fingerprint density at radius 3 is 3.00 bits per heavy atom. The molecule has 7 nitrogen and oxygen atoms in total. The molecule has 0 aromatic carbocycles. The van der Waals surface area contributed by atoms with E-state index in [9.17, 15) is 4.79 Å². The van der Waals surface area contributed by atoms with Crippen LogP contribution in [0.4, 0.5) is 5.95 Å². The molecule has 1 unspecified atom stereocenters. The molecule has 1 fully saturated rings. The van der Waals surface area contributed by atoms with E-state index in [-0.39, 0.29) is 6.54 Å². The second-order valence-electron chi connectivity index (χ2n) is 4.69. The maximum Gasteiger partial charge on any atom is 0.325 e. The van der Waals surface area contributed by atoms with Gasteiger partial charge in [0.15, 0.2) is 5.65 Å². The van der Waals surface area contributed by atoms with Gasteiger partial charge < -0.3 is 15.7 Å². The van der Waals surface area contributed by atoms with Crippen molar-refractivity contribution in [1.82, 2.24) is 14.6 Å². The van der Waals surface area contributed by atoms with Gasteiger partial charge in [0.25, 0.3) is 0 Å². The van der Waals surface area contributed by atoms with E-state index in [0.717, 1.165) is 0 Å². The van der Waals surface area contributed by atoms with Crippen LogP contribution in [0.25, 0.3) is 5.65 Å². The lowest BCUT2D eigenvalue weighted by atomic mass is 10.0. The number of nitrogens with zero attached hydrogens (tertiary/aromatic N) is 4. The van der Waals surface area contributed by atoms with Crippen LogP contribution in [0.5, 0.6) is 0 Å². The minimum atomic E-state index is -1.23. The molecule has 0 radical (unpaired) electrons. The Labute approximate surface area is 113 Å². The number of carbonyl (C=O) groups is 1. The van der Waals surface area contributed by atoms with Gasteiger partial charge in [0.2, 0.25) is 5.95 Å². The second-order valence-corrected chi connectivity index (χ2v) is 5.13. The highest BCUT2D eigenvalue weighted by Crippen LogP contribution is 2.23. The smallest absolute Gasteiger partial charge is 0.325 e. The number of pyridine rings is 1. The molecular weight excluding hydrogens is 270 g/mol. The second kappa shape index (κ2) is 4.07. The number of carboxylic acids is 1. The Kier molecular flexibility index (Phi) is 2.61. The summed E-state index contributed by atoms with van der Waals surface area (Å²) in [5.41, 5.74) is 5.25. The minimum Gasteiger partial charge on any atom is -0.480 e. The van der Waals surface area contributed by atoms with Crippen molar-refractivity contribution in [3.8, 4) is 0 Å². The standard InChI is InChI=1S/C11H12ClN5O2/c12-7-1-2-8-14-10(15-17(8)5-7)16-4-3-11(13,6-16)9(18)19/h1-2,5H,3-4,6,13H2,(H,18,19). The van der Waals surface area contributed by atoms with Crippen LogP contribution >= 0.6 is 11.6 Å². The van der Waals surface area contributed by atoms with Gasteiger partial charge in [-0.1, -0.05) is 11.6 Å². The van der Waals surface area contributed by atoms with E-state index in [1.807, 2.05) is 0 Å². The number of hydrogen-bond donors (Lipinski definition) is 2. The molecule has 1 aliphatic rings. The zero-order valence-corrected chi connectivity index (χ0v) is 10.7. The lowest BCUT2D eigenvalue weighted by molar-refractivity contribution is -0.142. The first-order valence-electron chi connectivity index (χ1n) is 5.77. The highest BCUT2D eigenvalue weighted by molar-refractivity contribution is 6.30. The number of aliphatic carboxylic acids is 1. The van der Waals surface area contributed by atoms with Crippen molar-refractivity contribution < 1.29 is 9.90 Å². The maximum absolute atomic E-state index is 11.1. The number of fused-ring (bicyclic) bond motifs is 1. The summed E-state index contributed by atoms with van der Waals surface area (Å²) >= 11 is 5.87. The van der Waals surface area contributed by atoms with Crippen LogP contribution in [0.15, 0.2) is 18.3 Å². The Morgan fingerprint density at radius 2 is 2.32 bits per heavy atom. The van der Waals surface area contributed by atoms with E-state index >= 15 is 0 Å². The normalized spacial score (nSPS) is 23.2. The average molecular weight is 282 g/mol. The van der Waals surface area contributed by atoms with Crippen molar-refractivity contribution >= 4 is 29.2 Å². The summed E-state index contributed by atoms with van der Waals surface area (Å²) in [5.74, 6) is -0.530. The predicted octanol–water partition coefficient (Wildman–Crippen LogP) is 0.375.